The number of allylic oxidation sites excluding steroid dienone is 1. The van der Waals surface area contributed by atoms with Crippen molar-refractivity contribution in [2.45, 2.75) is 25.8 Å². The van der Waals surface area contributed by atoms with Gasteiger partial charge in [-0.1, -0.05) is 12.2 Å². The van der Waals surface area contributed by atoms with Gasteiger partial charge in [0, 0.05) is 23.2 Å². The van der Waals surface area contributed by atoms with Gasteiger partial charge in [0.05, 0.1) is 11.6 Å². The molecule has 3 atom stereocenters. The lowest BCUT2D eigenvalue weighted by atomic mass is 9.71. The first-order valence-electron chi connectivity index (χ1n) is 6.32. The average molecular weight is 242 g/mol. The Hall–Kier alpha value is -1.82. The minimum absolute atomic E-state index is 0.311. The van der Waals surface area contributed by atoms with Crippen LogP contribution >= 0.6 is 0 Å². The molecule has 0 amide bonds. The molecular weight excluding hydrogens is 227 g/mol. The van der Waals surface area contributed by atoms with Gasteiger partial charge in [-0.2, -0.15) is 5.26 Å². The van der Waals surface area contributed by atoms with Crippen molar-refractivity contribution in [2.75, 3.05) is 5.32 Å². The second kappa shape index (κ2) is 4.13. The van der Waals surface area contributed by atoms with Crippen LogP contribution in [-0.4, -0.2) is 6.04 Å². The fourth-order valence-corrected chi connectivity index (χ4v) is 2.98. The van der Waals surface area contributed by atoms with Crippen LogP contribution in [-0.2, 0) is 0 Å². The molecule has 92 valence electrons. The molecule has 2 aliphatic rings. The summed E-state index contributed by atoms with van der Waals surface area (Å²) in [4.78, 5) is 0. The van der Waals surface area contributed by atoms with Crippen molar-refractivity contribution in [2.24, 2.45) is 11.8 Å². The van der Waals surface area contributed by atoms with Crippen LogP contribution < -0.4 is 5.32 Å². The van der Waals surface area contributed by atoms with Gasteiger partial charge in [0.15, 0.2) is 0 Å². The number of nitriles is 1. The number of anilines is 1. The highest BCUT2D eigenvalue weighted by atomic mass is 19.1. The van der Waals surface area contributed by atoms with Gasteiger partial charge in [-0.15, -0.1) is 0 Å². The van der Waals surface area contributed by atoms with Crippen molar-refractivity contribution < 1.29 is 4.39 Å². The molecule has 2 nitrogen and oxygen atoms in total. The van der Waals surface area contributed by atoms with E-state index in [2.05, 4.69) is 17.5 Å². The summed E-state index contributed by atoms with van der Waals surface area (Å²) in [6.07, 6.45) is 6.80. The summed E-state index contributed by atoms with van der Waals surface area (Å²) < 4.78 is 13.7. The highest BCUT2D eigenvalue weighted by Crippen LogP contribution is 2.44. The van der Waals surface area contributed by atoms with Gasteiger partial charge in [0.1, 0.15) is 5.82 Å². The third-order valence-corrected chi connectivity index (χ3v) is 4.18. The van der Waals surface area contributed by atoms with E-state index in [1.54, 1.807) is 13.0 Å². The number of hydrogen-bond acceptors (Lipinski definition) is 2. The smallest absolute Gasteiger partial charge is 0.129 e. The standard InChI is InChI=1S/C15H15FN2/c1-9-13(16)5-10(8-17)6-14(9)18-15-7-11-3-2-4-12(11)15/h2,4-6,11-12,15,18H,3,7H2,1H3. The number of fused-ring (bicyclic) bond motifs is 1. The van der Waals surface area contributed by atoms with E-state index in [0.29, 0.717) is 23.1 Å². The van der Waals surface area contributed by atoms with Crippen molar-refractivity contribution in [3.63, 3.8) is 0 Å². The zero-order valence-electron chi connectivity index (χ0n) is 10.3. The molecule has 1 aromatic rings. The summed E-state index contributed by atoms with van der Waals surface area (Å²) in [5.41, 5.74) is 1.73. The van der Waals surface area contributed by atoms with E-state index < -0.39 is 0 Å². The Morgan fingerprint density at radius 2 is 2.28 bits per heavy atom. The Bertz CT molecular complexity index is 556. The van der Waals surface area contributed by atoms with Gasteiger partial charge >= 0.3 is 0 Å². The fraction of sp³-hybridized carbons (Fsp3) is 0.400. The van der Waals surface area contributed by atoms with Crippen LogP contribution in [0.2, 0.25) is 0 Å². The molecule has 1 saturated carbocycles. The largest absolute Gasteiger partial charge is 0.381 e. The molecule has 0 spiro atoms. The predicted octanol–water partition coefficient (Wildman–Crippen LogP) is 3.38. The molecule has 1 aromatic carbocycles. The first-order valence-corrected chi connectivity index (χ1v) is 6.32. The maximum Gasteiger partial charge on any atom is 0.129 e. The van der Waals surface area contributed by atoms with Crippen LogP contribution in [0.3, 0.4) is 0 Å². The number of nitrogens with zero attached hydrogens (tertiary/aromatic N) is 1. The third kappa shape index (κ3) is 1.69. The lowest BCUT2D eigenvalue weighted by Gasteiger charge is -2.41. The SMILES string of the molecule is Cc1c(F)cc(C#N)cc1NC1CC2CC=CC21. The number of hydrogen-bond donors (Lipinski definition) is 1. The van der Waals surface area contributed by atoms with Crippen LogP contribution in [0.4, 0.5) is 10.1 Å². The molecule has 0 radical (unpaired) electrons. The highest BCUT2D eigenvalue weighted by molar-refractivity contribution is 5.57. The second-order valence-electron chi connectivity index (χ2n) is 5.23. The normalized spacial score (nSPS) is 28.4. The topological polar surface area (TPSA) is 35.8 Å². The zero-order valence-corrected chi connectivity index (χ0v) is 10.3. The molecule has 3 rings (SSSR count). The lowest BCUT2D eigenvalue weighted by Crippen LogP contribution is -2.43. The van der Waals surface area contributed by atoms with Crippen LogP contribution in [0.15, 0.2) is 24.3 Å². The van der Waals surface area contributed by atoms with Gasteiger partial charge in [0.2, 0.25) is 0 Å². The summed E-state index contributed by atoms with van der Waals surface area (Å²) in [5, 5.41) is 12.3. The Labute approximate surface area is 106 Å². The minimum Gasteiger partial charge on any atom is -0.381 e. The van der Waals surface area contributed by atoms with E-state index in [1.165, 1.54) is 12.5 Å². The Morgan fingerprint density at radius 3 is 3.00 bits per heavy atom. The van der Waals surface area contributed by atoms with Crippen molar-refractivity contribution in [1.82, 2.24) is 0 Å². The summed E-state index contributed by atoms with van der Waals surface area (Å²) in [7, 11) is 0. The van der Waals surface area contributed by atoms with E-state index in [9.17, 15) is 4.39 Å². The van der Waals surface area contributed by atoms with E-state index in [0.717, 1.165) is 18.0 Å². The molecule has 0 bridgehead atoms. The van der Waals surface area contributed by atoms with Crippen molar-refractivity contribution in [3.8, 4) is 6.07 Å². The predicted molar refractivity (Wildman–Crippen MR) is 68.6 cm³/mol. The first kappa shape index (κ1) is 11.3. The molecular formula is C15H15FN2. The van der Waals surface area contributed by atoms with Crippen LogP contribution in [0.1, 0.15) is 24.0 Å². The summed E-state index contributed by atoms with van der Waals surface area (Å²) in [6, 6.07) is 5.42. The Morgan fingerprint density at radius 1 is 1.44 bits per heavy atom. The zero-order chi connectivity index (χ0) is 12.7. The molecule has 1 N–H and O–H groups in total. The quantitative estimate of drug-likeness (QED) is 0.807. The first-order chi connectivity index (χ1) is 8.69. The van der Waals surface area contributed by atoms with E-state index >= 15 is 0 Å². The third-order valence-electron chi connectivity index (χ3n) is 4.18. The van der Waals surface area contributed by atoms with Gasteiger partial charge in [-0.05, 0) is 37.8 Å². The summed E-state index contributed by atoms with van der Waals surface area (Å²) >= 11 is 0. The van der Waals surface area contributed by atoms with Crippen molar-refractivity contribution >= 4 is 5.69 Å². The molecule has 2 aliphatic carbocycles. The molecule has 3 unspecified atom stereocenters. The highest BCUT2D eigenvalue weighted by Gasteiger charge is 2.41. The number of rotatable bonds is 2. The summed E-state index contributed by atoms with van der Waals surface area (Å²) in [5.74, 6) is 1.04. The van der Waals surface area contributed by atoms with Gasteiger partial charge in [-0.25, -0.2) is 4.39 Å². The number of halogens is 1. The number of nitrogens with one attached hydrogen (secondary N) is 1. The molecule has 0 aromatic heterocycles. The number of benzene rings is 1. The van der Waals surface area contributed by atoms with Gasteiger partial charge in [-0.3, -0.25) is 0 Å². The van der Waals surface area contributed by atoms with Gasteiger partial charge < -0.3 is 5.32 Å². The maximum absolute atomic E-state index is 13.7. The Kier molecular flexibility index (Phi) is 2.59. The van der Waals surface area contributed by atoms with Crippen molar-refractivity contribution in [1.29, 1.82) is 5.26 Å². The minimum atomic E-state index is -0.311. The summed E-state index contributed by atoms with van der Waals surface area (Å²) in [6.45, 7) is 1.75. The van der Waals surface area contributed by atoms with E-state index in [4.69, 9.17) is 5.26 Å². The van der Waals surface area contributed by atoms with Crippen molar-refractivity contribution in [3.05, 3.63) is 41.2 Å². The molecule has 0 saturated heterocycles. The van der Waals surface area contributed by atoms with Crippen LogP contribution in [0.25, 0.3) is 0 Å². The maximum atomic E-state index is 13.7. The second-order valence-corrected chi connectivity index (χ2v) is 5.23. The average Bonchev–Trinajstić information content (AvgIpc) is 2.72. The Balaban J connectivity index is 1.82. The molecule has 18 heavy (non-hydrogen) atoms. The lowest BCUT2D eigenvalue weighted by molar-refractivity contribution is 0.218. The molecule has 3 heteroatoms. The van der Waals surface area contributed by atoms with Gasteiger partial charge in [0.25, 0.3) is 0 Å². The molecule has 0 heterocycles. The van der Waals surface area contributed by atoms with Crippen LogP contribution in [0, 0.1) is 35.9 Å². The fourth-order valence-electron chi connectivity index (χ4n) is 2.98. The van der Waals surface area contributed by atoms with Crippen LogP contribution in [0.5, 0.6) is 0 Å². The molecule has 0 aliphatic heterocycles. The van der Waals surface area contributed by atoms with E-state index in [-0.39, 0.29) is 5.82 Å². The van der Waals surface area contributed by atoms with E-state index in [1.807, 2.05) is 6.07 Å². The molecule has 1 fully saturated rings. The monoisotopic (exact) mass is 242 g/mol.